The second-order valence-corrected chi connectivity index (χ2v) is 5.20. The summed E-state index contributed by atoms with van der Waals surface area (Å²) >= 11 is 0. The van der Waals surface area contributed by atoms with Gasteiger partial charge in [-0.2, -0.15) is 4.98 Å². The summed E-state index contributed by atoms with van der Waals surface area (Å²) < 4.78 is 5.25. The molecule has 0 radical (unpaired) electrons. The fourth-order valence-electron chi connectivity index (χ4n) is 2.95. The Balaban J connectivity index is 1.90. The van der Waals surface area contributed by atoms with E-state index in [4.69, 9.17) is 4.52 Å². The van der Waals surface area contributed by atoms with Crippen LogP contribution in [0.4, 0.5) is 0 Å². The molecule has 0 aliphatic heterocycles. The maximum atomic E-state index is 5.25. The molecule has 1 aromatic carbocycles. The zero-order chi connectivity index (χ0) is 12.8. The molecule has 0 fully saturated rings. The minimum atomic E-state index is 0.602. The minimum absolute atomic E-state index is 0.602. The number of nitrogens with one attached hydrogen (secondary N) is 1. The quantitative estimate of drug-likeness (QED) is 0.723. The van der Waals surface area contributed by atoms with E-state index in [-0.39, 0.29) is 0 Å². The van der Waals surface area contributed by atoms with Gasteiger partial charge in [-0.1, -0.05) is 5.16 Å². The monoisotopic (exact) mass is 253 g/mol. The number of fused-ring (bicyclic) bond motifs is 3. The second kappa shape index (κ2) is 3.95. The number of nitrogens with zero attached hydrogens (tertiary/aromatic N) is 2. The first-order valence-corrected chi connectivity index (χ1v) is 6.75. The maximum absolute atomic E-state index is 5.25. The Bertz CT molecular complexity index is 754. The molecule has 4 rings (SSSR count). The van der Waals surface area contributed by atoms with Crippen molar-refractivity contribution in [1.29, 1.82) is 0 Å². The summed E-state index contributed by atoms with van der Waals surface area (Å²) in [7, 11) is 0. The molecule has 4 heteroatoms. The van der Waals surface area contributed by atoms with Crippen molar-refractivity contribution in [3.8, 4) is 11.5 Å². The molecule has 0 spiro atoms. The molecule has 0 saturated carbocycles. The number of aryl methyl sites for hydroxylation is 3. The standard InChI is InChI=1S/C15H15N3O/c1-9-16-15(19-18-9)10-6-7-14-12(8-10)11-4-2-3-5-13(11)17-14/h6-8,17H,2-5H2,1H3. The Morgan fingerprint density at radius 1 is 1.21 bits per heavy atom. The van der Waals surface area contributed by atoms with Crippen LogP contribution in [0, 0.1) is 6.92 Å². The van der Waals surface area contributed by atoms with Crippen LogP contribution in [0.1, 0.15) is 29.9 Å². The summed E-state index contributed by atoms with van der Waals surface area (Å²) in [5.74, 6) is 1.27. The molecule has 0 unspecified atom stereocenters. The Morgan fingerprint density at radius 3 is 2.95 bits per heavy atom. The van der Waals surface area contributed by atoms with E-state index in [2.05, 4.69) is 27.3 Å². The molecule has 2 aromatic heterocycles. The molecule has 4 nitrogen and oxygen atoms in total. The SMILES string of the molecule is Cc1noc(-c2ccc3[nH]c4c(c3c2)CCCC4)n1. The minimum Gasteiger partial charge on any atom is -0.358 e. The van der Waals surface area contributed by atoms with Crippen molar-refractivity contribution in [2.75, 3.05) is 0 Å². The average molecular weight is 253 g/mol. The molecule has 1 N–H and O–H groups in total. The molecule has 3 aromatic rings. The molecule has 0 saturated heterocycles. The molecule has 96 valence electrons. The fourth-order valence-corrected chi connectivity index (χ4v) is 2.95. The lowest BCUT2D eigenvalue weighted by Gasteiger charge is -2.10. The van der Waals surface area contributed by atoms with Crippen molar-refractivity contribution in [2.45, 2.75) is 32.6 Å². The number of H-pyrrole nitrogens is 1. The lowest BCUT2D eigenvalue weighted by atomic mass is 9.95. The van der Waals surface area contributed by atoms with Crippen molar-refractivity contribution >= 4 is 10.9 Å². The molecule has 0 bridgehead atoms. The molecular formula is C15H15N3O. The van der Waals surface area contributed by atoms with Gasteiger partial charge in [0.15, 0.2) is 5.82 Å². The van der Waals surface area contributed by atoms with Gasteiger partial charge in [0.05, 0.1) is 0 Å². The fraction of sp³-hybridized carbons (Fsp3) is 0.333. The number of hydrogen-bond acceptors (Lipinski definition) is 3. The predicted octanol–water partition coefficient (Wildman–Crippen LogP) is 3.41. The van der Waals surface area contributed by atoms with Gasteiger partial charge in [-0.05, 0) is 56.4 Å². The Labute approximate surface area is 110 Å². The second-order valence-electron chi connectivity index (χ2n) is 5.20. The normalized spacial score (nSPS) is 14.8. The highest BCUT2D eigenvalue weighted by molar-refractivity contribution is 5.88. The molecule has 19 heavy (non-hydrogen) atoms. The van der Waals surface area contributed by atoms with Gasteiger partial charge in [-0.15, -0.1) is 0 Å². The maximum Gasteiger partial charge on any atom is 0.257 e. The number of rotatable bonds is 1. The summed E-state index contributed by atoms with van der Waals surface area (Å²) in [6.45, 7) is 1.84. The van der Waals surface area contributed by atoms with Crippen molar-refractivity contribution in [3.05, 3.63) is 35.3 Å². The van der Waals surface area contributed by atoms with Crippen LogP contribution < -0.4 is 0 Å². The van der Waals surface area contributed by atoms with Gasteiger partial charge in [-0.3, -0.25) is 0 Å². The van der Waals surface area contributed by atoms with Crippen LogP contribution in [0.2, 0.25) is 0 Å². The molecule has 2 heterocycles. The average Bonchev–Trinajstić information content (AvgIpc) is 3.01. The van der Waals surface area contributed by atoms with Gasteiger partial charge >= 0.3 is 0 Å². The van der Waals surface area contributed by atoms with E-state index in [0.717, 1.165) is 5.56 Å². The smallest absolute Gasteiger partial charge is 0.257 e. The summed E-state index contributed by atoms with van der Waals surface area (Å²) in [6, 6.07) is 6.32. The first-order valence-electron chi connectivity index (χ1n) is 6.75. The largest absolute Gasteiger partial charge is 0.358 e. The van der Waals surface area contributed by atoms with Gasteiger partial charge < -0.3 is 9.51 Å². The molecule has 0 amide bonds. The zero-order valence-corrected chi connectivity index (χ0v) is 10.9. The van der Waals surface area contributed by atoms with E-state index in [1.807, 2.05) is 13.0 Å². The topological polar surface area (TPSA) is 54.7 Å². The van der Waals surface area contributed by atoms with Crippen molar-refractivity contribution in [1.82, 2.24) is 15.1 Å². The molecule has 0 atom stereocenters. The molecule has 1 aliphatic rings. The Kier molecular flexibility index (Phi) is 2.24. The van der Waals surface area contributed by atoms with Crippen LogP contribution >= 0.6 is 0 Å². The third-order valence-corrected chi connectivity index (χ3v) is 3.87. The van der Waals surface area contributed by atoms with E-state index >= 15 is 0 Å². The van der Waals surface area contributed by atoms with Crippen LogP contribution in [0.5, 0.6) is 0 Å². The van der Waals surface area contributed by atoms with Gasteiger partial charge in [-0.25, -0.2) is 0 Å². The Hall–Kier alpha value is -2.10. The summed E-state index contributed by atoms with van der Waals surface area (Å²) in [5, 5.41) is 5.16. The van der Waals surface area contributed by atoms with E-state index in [0.29, 0.717) is 11.7 Å². The van der Waals surface area contributed by atoms with Crippen LogP contribution in [0.25, 0.3) is 22.4 Å². The van der Waals surface area contributed by atoms with Crippen LogP contribution in [0.15, 0.2) is 22.7 Å². The molecular weight excluding hydrogens is 238 g/mol. The van der Waals surface area contributed by atoms with E-state index in [9.17, 15) is 0 Å². The van der Waals surface area contributed by atoms with Crippen molar-refractivity contribution in [3.63, 3.8) is 0 Å². The number of aromatic nitrogens is 3. The van der Waals surface area contributed by atoms with Crippen LogP contribution in [-0.4, -0.2) is 15.1 Å². The van der Waals surface area contributed by atoms with Crippen molar-refractivity contribution in [2.24, 2.45) is 0 Å². The summed E-state index contributed by atoms with van der Waals surface area (Å²) in [6.07, 6.45) is 4.90. The van der Waals surface area contributed by atoms with E-state index in [1.165, 1.54) is 47.8 Å². The van der Waals surface area contributed by atoms with Gasteiger partial charge in [0.2, 0.25) is 0 Å². The highest BCUT2D eigenvalue weighted by atomic mass is 16.5. The van der Waals surface area contributed by atoms with Gasteiger partial charge in [0, 0.05) is 22.2 Å². The lowest BCUT2D eigenvalue weighted by molar-refractivity contribution is 0.425. The number of aromatic amines is 1. The first-order chi connectivity index (χ1) is 9.31. The highest BCUT2D eigenvalue weighted by Gasteiger charge is 2.16. The van der Waals surface area contributed by atoms with Crippen LogP contribution in [0.3, 0.4) is 0 Å². The predicted molar refractivity (Wildman–Crippen MR) is 73.0 cm³/mol. The van der Waals surface area contributed by atoms with E-state index < -0.39 is 0 Å². The Morgan fingerprint density at radius 2 is 2.11 bits per heavy atom. The van der Waals surface area contributed by atoms with Gasteiger partial charge in [0.1, 0.15) is 0 Å². The molecule has 1 aliphatic carbocycles. The third kappa shape index (κ3) is 1.67. The van der Waals surface area contributed by atoms with E-state index in [1.54, 1.807) is 0 Å². The number of benzene rings is 1. The lowest BCUT2D eigenvalue weighted by Crippen LogP contribution is -1.99. The third-order valence-electron chi connectivity index (χ3n) is 3.87. The zero-order valence-electron chi connectivity index (χ0n) is 10.9. The van der Waals surface area contributed by atoms with Crippen LogP contribution in [-0.2, 0) is 12.8 Å². The highest BCUT2D eigenvalue weighted by Crippen LogP contribution is 2.31. The first kappa shape index (κ1) is 10.8. The van der Waals surface area contributed by atoms with Crippen molar-refractivity contribution < 1.29 is 4.52 Å². The summed E-state index contributed by atoms with van der Waals surface area (Å²) in [4.78, 5) is 7.83. The number of hydrogen-bond donors (Lipinski definition) is 1. The summed E-state index contributed by atoms with van der Waals surface area (Å²) in [5.41, 5.74) is 5.09. The van der Waals surface area contributed by atoms with Gasteiger partial charge in [0.25, 0.3) is 5.89 Å².